The Morgan fingerprint density at radius 1 is 0.872 bits per heavy atom. The summed E-state index contributed by atoms with van der Waals surface area (Å²) in [7, 11) is 6.28. The van der Waals surface area contributed by atoms with Crippen LogP contribution in [0.5, 0.6) is 28.7 Å². The molecule has 0 fully saturated rings. The van der Waals surface area contributed by atoms with E-state index in [2.05, 4.69) is 19.9 Å². The van der Waals surface area contributed by atoms with Gasteiger partial charge in [-0.15, -0.1) is 0 Å². The molecule has 0 N–H and O–H groups in total. The van der Waals surface area contributed by atoms with Crippen molar-refractivity contribution >= 4 is 17.4 Å². The van der Waals surface area contributed by atoms with Crippen molar-refractivity contribution in [2.45, 2.75) is 51.4 Å². The SMILES string of the molecule is COc1cc(C)c2c(c1)OC1(C)Cc3cc4c(c(OC)c3C2O1)C(=O)c1c(cc(OC)c(Cl)c1OC)C4(C)C. The fraction of sp³-hybridized carbons (Fsp3) is 0.387. The van der Waals surface area contributed by atoms with Crippen LogP contribution in [0.4, 0.5) is 0 Å². The summed E-state index contributed by atoms with van der Waals surface area (Å²) in [6.07, 6.45) is -0.0185. The molecule has 0 saturated carbocycles. The molecule has 39 heavy (non-hydrogen) atoms. The standard InChI is InChI=1S/C31H31ClO7/c1-14-9-16(34-5)11-19-21(14)28-22-15(13-31(4,38-19)39-28)10-17-23(27(22)36-7)26(33)24-18(30(17,2)3)12-20(35-6)25(32)29(24)37-8/h9-12,28H,13H2,1-8H3. The van der Waals surface area contributed by atoms with Gasteiger partial charge in [0, 0.05) is 36.0 Å². The quantitative estimate of drug-likeness (QED) is 0.376. The first-order chi connectivity index (χ1) is 18.5. The van der Waals surface area contributed by atoms with Crippen LogP contribution in [0.1, 0.15) is 76.2 Å². The minimum atomic E-state index is -0.899. The summed E-state index contributed by atoms with van der Waals surface area (Å²) in [5.41, 5.74) is 5.64. The minimum absolute atomic E-state index is 0.215. The van der Waals surface area contributed by atoms with Crippen LogP contribution in [0.15, 0.2) is 24.3 Å². The maximum Gasteiger partial charge on any atom is 0.212 e. The first-order valence-corrected chi connectivity index (χ1v) is 13.2. The molecule has 6 rings (SSSR count). The molecule has 204 valence electrons. The first-order valence-electron chi connectivity index (χ1n) is 12.8. The molecule has 2 aliphatic heterocycles. The number of fused-ring (bicyclic) bond motifs is 8. The molecule has 2 unspecified atom stereocenters. The lowest BCUT2D eigenvalue weighted by Gasteiger charge is -2.47. The van der Waals surface area contributed by atoms with E-state index in [0.29, 0.717) is 40.5 Å². The predicted molar refractivity (Wildman–Crippen MR) is 147 cm³/mol. The zero-order chi connectivity index (χ0) is 28.0. The number of carbonyl (C=O) groups excluding carboxylic acids is 1. The van der Waals surface area contributed by atoms with Gasteiger partial charge in [0.05, 0.1) is 39.6 Å². The van der Waals surface area contributed by atoms with Gasteiger partial charge in [-0.3, -0.25) is 4.79 Å². The second-order valence-corrected chi connectivity index (χ2v) is 11.4. The molecular formula is C31H31ClO7. The van der Waals surface area contributed by atoms with Crippen molar-refractivity contribution in [3.8, 4) is 28.7 Å². The number of carbonyl (C=O) groups is 1. The molecule has 3 aromatic carbocycles. The van der Waals surface area contributed by atoms with Gasteiger partial charge in [-0.2, -0.15) is 0 Å². The van der Waals surface area contributed by atoms with Crippen LogP contribution in [-0.2, 0) is 16.6 Å². The molecule has 0 saturated heterocycles. The van der Waals surface area contributed by atoms with E-state index in [4.69, 9.17) is 40.0 Å². The fourth-order valence-electron chi connectivity index (χ4n) is 6.49. The maximum atomic E-state index is 14.4. The number of hydrogen-bond donors (Lipinski definition) is 0. The largest absolute Gasteiger partial charge is 0.497 e. The van der Waals surface area contributed by atoms with Gasteiger partial charge in [0.15, 0.2) is 5.75 Å². The third kappa shape index (κ3) is 3.42. The van der Waals surface area contributed by atoms with E-state index in [1.165, 1.54) is 7.11 Å². The highest BCUT2D eigenvalue weighted by atomic mass is 35.5. The van der Waals surface area contributed by atoms with Crippen LogP contribution in [0.3, 0.4) is 0 Å². The summed E-state index contributed by atoms with van der Waals surface area (Å²) in [6, 6.07) is 7.79. The Balaban J connectivity index is 1.66. The van der Waals surface area contributed by atoms with E-state index in [0.717, 1.165) is 33.4 Å². The molecule has 2 bridgehead atoms. The third-order valence-electron chi connectivity index (χ3n) is 8.31. The topological polar surface area (TPSA) is 72.5 Å². The summed E-state index contributed by atoms with van der Waals surface area (Å²) in [5, 5.41) is 0.255. The highest BCUT2D eigenvalue weighted by molar-refractivity contribution is 6.35. The number of rotatable bonds is 4. The van der Waals surface area contributed by atoms with Crippen molar-refractivity contribution in [2.24, 2.45) is 0 Å². The molecule has 3 aliphatic rings. The number of methoxy groups -OCH3 is 4. The summed E-state index contributed by atoms with van der Waals surface area (Å²) in [4.78, 5) is 14.4. The van der Waals surface area contributed by atoms with Crippen LogP contribution >= 0.6 is 11.6 Å². The number of hydrogen-bond acceptors (Lipinski definition) is 7. The number of ether oxygens (including phenoxy) is 6. The second-order valence-electron chi connectivity index (χ2n) is 11.0. The van der Waals surface area contributed by atoms with Crippen molar-refractivity contribution in [3.05, 3.63) is 73.8 Å². The lowest BCUT2D eigenvalue weighted by atomic mass is 9.66. The average Bonchev–Trinajstić information content (AvgIpc) is 2.89. The second kappa shape index (κ2) is 8.54. The molecule has 2 atom stereocenters. The Morgan fingerprint density at radius 2 is 1.54 bits per heavy atom. The molecule has 3 aromatic rings. The summed E-state index contributed by atoms with van der Waals surface area (Å²) in [6.45, 7) is 8.11. The predicted octanol–water partition coefficient (Wildman–Crippen LogP) is 6.32. The van der Waals surface area contributed by atoms with Crippen LogP contribution in [-0.4, -0.2) is 40.0 Å². The Morgan fingerprint density at radius 3 is 2.18 bits per heavy atom. The lowest BCUT2D eigenvalue weighted by Crippen LogP contribution is -2.47. The van der Waals surface area contributed by atoms with Gasteiger partial charge >= 0.3 is 0 Å². The lowest BCUT2D eigenvalue weighted by molar-refractivity contribution is -0.216. The van der Waals surface area contributed by atoms with Gasteiger partial charge in [0.25, 0.3) is 0 Å². The van der Waals surface area contributed by atoms with Gasteiger partial charge in [-0.1, -0.05) is 31.5 Å². The molecule has 0 radical (unpaired) electrons. The summed E-state index contributed by atoms with van der Waals surface area (Å²) >= 11 is 6.63. The minimum Gasteiger partial charge on any atom is -0.497 e. The average molecular weight is 551 g/mol. The monoisotopic (exact) mass is 550 g/mol. The molecule has 1 aliphatic carbocycles. The third-order valence-corrected chi connectivity index (χ3v) is 8.67. The van der Waals surface area contributed by atoms with Gasteiger partial charge in [-0.05, 0) is 41.3 Å². The maximum absolute atomic E-state index is 14.4. The molecular weight excluding hydrogens is 520 g/mol. The van der Waals surface area contributed by atoms with Crippen molar-refractivity contribution in [1.29, 1.82) is 0 Å². The van der Waals surface area contributed by atoms with Crippen LogP contribution < -0.4 is 23.7 Å². The Kier molecular flexibility index (Phi) is 5.66. The fourth-order valence-corrected chi connectivity index (χ4v) is 6.80. The van der Waals surface area contributed by atoms with Gasteiger partial charge < -0.3 is 28.4 Å². The molecule has 0 amide bonds. The zero-order valence-corrected chi connectivity index (χ0v) is 24.1. The molecule has 8 heteroatoms. The molecule has 0 spiro atoms. The van der Waals surface area contributed by atoms with Crippen LogP contribution in [0, 0.1) is 6.92 Å². The van der Waals surface area contributed by atoms with E-state index in [1.807, 2.05) is 32.0 Å². The molecule has 0 aromatic heterocycles. The Bertz CT molecular complexity index is 1570. The van der Waals surface area contributed by atoms with E-state index in [1.54, 1.807) is 21.3 Å². The highest BCUT2D eigenvalue weighted by Gasteiger charge is 2.50. The highest BCUT2D eigenvalue weighted by Crippen LogP contribution is 2.57. The first kappa shape index (κ1) is 25.8. The van der Waals surface area contributed by atoms with Crippen LogP contribution in [0.25, 0.3) is 0 Å². The van der Waals surface area contributed by atoms with Gasteiger partial charge in [0.2, 0.25) is 11.6 Å². The van der Waals surface area contributed by atoms with Crippen molar-refractivity contribution < 1.29 is 33.2 Å². The van der Waals surface area contributed by atoms with E-state index in [9.17, 15) is 4.79 Å². The number of benzene rings is 3. The van der Waals surface area contributed by atoms with E-state index < -0.39 is 17.3 Å². The molecule has 7 nitrogen and oxygen atoms in total. The summed E-state index contributed by atoms with van der Waals surface area (Å²) < 4.78 is 35.8. The normalized spacial score (nSPS) is 21.6. The summed E-state index contributed by atoms with van der Waals surface area (Å²) in [5.74, 6) is 1.53. The zero-order valence-electron chi connectivity index (χ0n) is 23.3. The Hall–Kier alpha value is -3.42. The van der Waals surface area contributed by atoms with Gasteiger partial charge in [-0.25, -0.2) is 0 Å². The van der Waals surface area contributed by atoms with Crippen LogP contribution in [0.2, 0.25) is 5.02 Å². The number of halogens is 1. The number of aryl methyl sites for hydroxylation is 1. The number of ketones is 1. The van der Waals surface area contributed by atoms with E-state index in [-0.39, 0.29) is 16.6 Å². The van der Waals surface area contributed by atoms with Gasteiger partial charge in [0.1, 0.15) is 34.1 Å². The van der Waals surface area contributed by atoms with E-state index >= 15 is 0 Å². The van der Waals surface area contributed by atoms with Crippen molar-refractivity contribution in [1.82, 2.24) is 0 Å². The van der Waals surface area contributed by atoms with Crippen molar-refractivity contribution in [3.63, 3.8) is 0 Å². The smallest absolute Gasteiger partial charge is 0.212 e. The Labute approximate surface area is 232 Å². The molecule has 2 heterocycles. The van der Waals surface area contributed by atoms with Crippen molar-refractivity contribution in [2.75, 3.05) is 28.4 Å².